The van der Waals surface area contributed by atoms with Crippen LogP contribution in [0.4, 0.5) is 0 Å². The van der Waals surface area contributed by atoms with Crippen LogP contribution in [0.3, 0.4) is 0 Å². The van der Waals surface area contributed by atoms with E-state index in [0.717, 1.165) is 17.0 Å². The summed E-state index contributed by atoms with van der Waals surface area (Å²) >= 11 is 0. The number of hydrogen-bond donors (Lipinski definition) is 0. The highest BCUT2D eigenvalue weighted by Gasteiger charge is 2.40. The number of amides is 1. The molecular weight excluding hydrogens is 314 g/mol. The van der Waals surface area contributed by atoms with Crippen molar-refractivity contribution in [2.75, 3.05) is 7.11 Å². The average Bonchev–Trinajstić information content (AvgIpc) is 2.95. The van der Waals surface area contributed by atoms with Gasteiger partial charge < -0.3 is 9.64 Å². The molecule has 1 amide bonds. The molecule has 0 fully saturated rings. The number of ether oxygens (including phenoxy) is 1. The van der Waals surface area contributed by atoms with Gasteiger partial charge in [-0.15, -0.1) is 0 Å². The van der Waals surface area contributed by atoms with Gasteiger partial charge in [-0.1, -0.05) is 32.9 Å². The topological polar surface area (TPSA) is 47.4 Å². The van der Waals surface area contributed by atoms with Gasteiger partial charge in [-0.05, 0) is 37.6 Å². The lowest BCUT2D eigenvalue weighted by molar-refractivity contribution is 0.0367. The first kappa shape index (κ1) is 17.5. The summed E-state index contributed by atoms with van der Waals surface area (Å²) < 4.78 is 7.17. The number of fused-ring (bicyclic) bond motifs is 1. The van der Waals surface area contributed by atoms with E-state index in [-0.39, 0.29) is 16.9 Å². The second kappa shape index (κ2) is 5.90. The van der Waals surface area contributed by atoms with Crippen molar-refractivity contribution in [1.29, 1.82) is 0 Å². The molecule has 5 heteroatoms. The van der Waals surface area contributed by atoms with Gasteiger partial charge >= 0.3 is 0 Å². The zero-order chi connectivity index (χ0) is 18.4. The predicted octanol–water partition coefficient (Wildman–Crippen LogP) is 3.62. The van der Waals surface area contributed by atoms with Gasteiger partial charge in [0.1, 0.15) is 11.4 Å². The molecule has 0 spiro atoms. The molecule has 1 aliphatic heterocycles. The maximum Gasteiger partial charge on any atom is 0.272 e. The zero-order valence-corrected chi connectivity index (χ0v) is 16.0. The van der Waals surface area contributed by atoms with E-state index < -0.39 is 0 Å². The lowest BCUT2D eigenvalue weighted by Gasteiger charge is -2.42. The summed E-state index contributed by atoms with van der Waals surface area (Å²) in [4.78, 5) is 15.1. The quantitative estimate of drug-likeness (QED) is 0.856. The van der Waals surface area contributed by atoms with Gasteiger partial charge in [0.25, 0.3) is 5.91 Å². The van der Waals surface area contributed by atoms with Crippen LogP contribution < -0.4 is 4.74 Å². The van der Waals surface area contributed by atoms with Crippen molar-refractivity contribution in [3.8, 4) is 5.75 Å². The van der Waals surface area contributed by atoms with E-state index in [2.05, 4.69) is 39.7 Å². The second-order valence-electron chi connectivity index (χ2n) is 8.38. The average molecular weight is 341 g/mol. The molecule has 134 valence electrons. The fraction of sp³-hybridized carbons (Fsp3) is 0.500. The Morgan fingerprint density at radius 1 is 1.24 bits per heavy atom. The van der Waals surface area contributed by atoms with Crippen molar-refractivity contribution >= 4 is 5.91 Å². The highest BCUT2D eigenvalue weighted by molar-refractivity contribution is 5.94. The molecule has 1 aliphatic rings. The fourth-order valence-electron chi connectivity index (χ4n) is 3.18. The van der Waals surface area contributed by atoms with Crippen LogP contribution in [-0.4, -0.2) is 33.2 Å². The summed E-state index contributed by atoms with van der Waals surface area (Å²) in [6.07, 6.45) is 0. The number of aromatic nitrogens is 2. The molecule has 2 heterocycles. The lowest BCUT2D eigenvalue weighted by Crippen LogP contribution is -2.54. The number of carbonyl (C=O) groups excluding carboxylic acids is 1. The lowest BCUT2D eigenvalue weighted by atomic mass is 9.92. The third-order valence-corrected chi connectivity index (χ3v) is 4.75. The molecule has 0 atom stereocenters. The zero-order valence-electron chi connectivity index (χ0n) is 16.0. The summed E-state index contributed by atoms with van der Waals surface area (Å²) in [5, 5.41) is 4.69. The van der Waals surface area contributed by atoms with Crippen molar-refractivity contribution in [3.63, 3.8) is 0 Å². The number of hydrogen-bond acceptors (Lipinski definition) is 3. The Balaban J connectivity index is 1.95. The highest BCUT2D eigenvalue weighted by Crippen LogP contribution is 2.31. The normalized spacial score (nSPS) is 16.7. The van der Waals surface area contributed by atoms with Crippen LogP contribution in [0.2, 0.25) is 0 Å². The first-order valence-corrected chi connectivity index (χ1v) is 8.65. The standard InChI is InChI=1S/C20H27N3O2/c1-19(2,3)17-11-16-18(24)22(20(4,5)13-23(16)21-17)12-14-8-7-9-15(10-14)25-6/h7-11H,12-13H2,1-6H3. The first-order chi connectivity index (χ1) is 11.6. The molecule has 0 radical (unpaired) electrons. The van der Waals surface area contributed by atoms with Crippen LogP contribution in [0, 0.1) is 0 Å². The summed E-state index contributed by atoms with van der Waals surface area (Å²) in [7, 11) is 1.65. The molecule has 25 heavy (non-hydrogen) atoms. The van der Waals surface area contributed by atoms with Crippen molar-refractivity contribution in [3.05, 3.63) is 47.3 Å². The van der Waals surface area contributed by atoms with E-state index in [1.807, 2.05) is 39.9 Å². The minimum Gasteiger partial charge on any atom is -0.497 e. The monoisotopic (exact) mass is 341 g/mol. The SMILES string of the molecule is COc1cccc(CN2C(=O)c3cc(C(C)(C)C)nn3CC2(C)C)c1. The molecule has 0 saturated heterocycles. The first-order valence-electron chi connectivity index (χ1n) is 8.65. The Labute approximate surface area is 149 Å². The largest absolute Gasteiger partial charge is 0.497 e. The van der Waals surface area contributed by atoms with Crippen molar-refractivity contribution < 1.29 is 9.53 Å². The maximum atomic E-state index is 13.2. The van der Waals surface area contributed by atoms with E-state index in [1.165, 1.54) is 0 Å². The number of benzene rings is 1. The van der Waals surface area contributed by atoms with Gasteiger partial charge in [-0.3, -0.25) is 9.48 Å². The third-order valence-electron chi connectivity index (χ3n) is 4.75. The van der Waals surface area contributed by atoms with Crippen LogP contribution in [0.25, 0.3) is 0 Å². The van der Waals surface area contributed by atoms with E-state index in [0.29, 0.717) is 18.8 Å². The van der Waals surface area contributed by atoms with Crippen LogP contribution in [0.15, 0.2) is 30.3 Å². The minimum atomic E-state index is -0.311. The molecule has 0 N–H and O–H groups in total. The molecule has 0 saturated carbocycles. The third kappa shape index (κ3) is 3.28. The van der Waals surface area contributed by atoms with Gasteiger partial charge in [-0.2, -0.15) is 5.10 Å². The number of methoxy groups -OCH3 is 1. The highest BCUT2D eigenvalue weighted by atomic mass is 16.5. The van der Waals surface area contributed by atoms with E-state index in [1.54, 1.807) is 7.11 Å². The Hall–Kier alpha value is -2.30. The minimum absolute atomic E-state index is 0.0297. The van der Waals surface area contributed by atoms with Crippen LogP contribution in [0.5, 0.6) is 5.75 Å². The second-order valence-corrected chi connectivity index (χ2v) is 8.38. The molecule has 0 bridgehead atoms. The van der Waals surface area contributed by atoms with Gasteiger partial charge in [0.15, 0.2) is 0 Å². The number of rotatable bonds is 3. The Morgan fingerprint density at radius 3 is 2.60 bits per heavy atom. The van der Waals surface area contributed by atoms with Gasteiger partial charge in [0.2, 0.25) is 0 Å². The molecule has 1 aromatic carbocycles. The van der Waals surface area contributed by atoms with Gasteiger partial charge in [-0.25, -0.2) is 0 Å². The molecule has 1 aromatic heterocycles. The Bertz CT molecular complexity index is 800. The van der Waals surface area contributed by atoms with Crippen LogP contribution >= 0.6 is 0 Å². The fourth-order valence-corrected chi connectivity index (χ4v) is 3.18. The Morgan fingerprint density at radius 2 is 1.96 bits per heavy atom. The maximum absolute atomic E-state index is 13.2. The summed E-state index contributed by atoms with van der Waals surface area (Å²) in [6, 6.07) is 9.82. The summed E-state index contributed by atoms with van der Waals surface area (Å²) in [6.45, 7) is 11.8. The van der Waals surface area contributed by atoms with Crippen LogP contribution in [-0.2, 0) is 18.5 Å². The van der Waals surface area contributed by atoms with Gasteiger partial charge in [0, 0.05) is 12.0 Å². The van der Waals surface area contributed by atoms with E-state index >= 15 is 0 Å². The summed E-state index contributed by atoms with van der Waals surface area (Å²) in [5.74, 6) is 0.835. The van der Waals surface area contributed by atoms with Crippen LogP contribution in [0.1, 0.15) is 56.4 Å². The number of carbonyl (C=O) groups is 1. The molecule has 3 rings (SSSR count). The molecule has 0 aliphatic carbocycles. The summed E-state index contributed by atoms with van der Waals surface area (Å²) in [5.41, 5.74) is 2.30. The van der Waals surface area contributed by atoms with Gasteiger partial charge in [0.05, 0.1) is 24.9 Å². The van der Waals surface area contributed by atoms with E-state index in [4.69, 9.17) is 4.74 Å². The van der Waals surface area contributed by atoms with Crippen molar-refractivity contribution in [2.24, 2.45) is 0 Å². The Kier molecular flexibility index (Phi) is 4.13. The smallest absolute Gasteiger partial charge is 0.272 e. The predicted molar refractivity (Wildman–Crippen MR) is 97.9 cm³/mol. The van der Waals surface area contributed by atoms with Crippen molar-refractivity contribution in [1.82, 2.24) is 14.7 Å². The molecule has 5 nitrogen and oxygen atoms in total. The molecular formula is C20H27N3O2. The molecule has 2 aromatic rings. The van der Waals surface area contributed by atoms with Crippen molar-refractivity contribution in [2.45, 2.75) is 58.7 Å². The molecule has 0 unspecified atom stereocenters. The van der Waals surface area contributed by atoms with E-state index in [9.17, 15) is 4.79 Å². The number of nitrogens with zero attached hydrogens (tertiary/aromatic N) is 3.